The van der Waals surface area contributed by atoms with E-state index in [0.717, 1.165) is 0 Å². The quantitative estimate of drug-likeness (QED) is 0.518. The summed E-state index contributed by atoms with van der Waals surface area (Å²) in [5.41, 5.74) is 5.67. The number of nitrogens with zero attached hydrogens (tertiary/aromatic N) is 1. The van der Waals surface area contributed by atoms with Crippen LogP contribution >= 0.6 is 0 Å². The Morgan fingerprint density at radius 3 is 2.17 bits per heavy atom. The van der Waals surface area contributed by atoms with Crippen LogP contribution in [0.15, 0.2) is 36.5 Å². The molecule has 0 N–H and O–H groups in total. The molecule has 0 aliphatic rings. The van der Waals surface area contributed by atoms with Crippen molar-refractivity contribution in [1.82, 2.24) is 0 Å². The number of aromatic nitrogens is 1. The molecule has 2 heteroatoms. The molecular formula is C21H32GeN+. The molecular weight excluding hydrogens is 339 g/mol. The molecule has 1 aromatic carbocycles. The SMILES string of the molecule is CCC(CC)c1c[n+](C)c(-c2ccccc2C)c[c]1[Ge]([CH3])([CH3])[CH3]. The monoisotopic (exact) mass is 372 g/mol. The molecule has 1 aromatic heterocycles. The van der Waals surface area contributed by atoms with Gasteiger partial charge in [-0.1, -0.05) is 0 Å². The van der Waals surface area contributed by atoms with Crippen LogP contribution in [0.5, 0.6) is 0 Å². The summed E-state index contributed by atoms with van der Waals surface area (Å²) in [5, 5.41) is 0. The molecule has 0 saturated heterocycles. The van der Waals surface area contributed by atoms with Crippen LogP contribution in [0.4, 0.5) is 0 Å². The third-order valence-electron chi connectivity index (χ3n) is 4.96. The minimum absolute atomic E-state index is 0.687. The Kier molecular flexibility index (Phi) is 5.72. The first kappa shape index (κ1) is 18.3. The van der Waals surface area contributed by atoms with Gasteiger partial charge in [-0.2, -0.15) is 0 Å². The molecule has 2 rings (SSSR count). The molecule has 0 fully saturated rings. The molecule has 0 aliphatic carbocycles. The molecule has 0 bridgehead atoms. The van der Waals surface area contributed by atoms with Gasteiger partial charge in [0.25, 0.3) is 0 Å². The van der Waals surface area contributed by atoms with Crippen molar-refractivity contribution in [1.29, 1.82) is 0 Å². The zero-order chi connectivity index (χ0) is 17.2. The second kappa shape index (κ2) is 7.21. The topological polar surface area (TPSA) is 3.88 Å². The van der Waals surface area contributed by atoms with Crippen molar-refractivity contribution in [2.45, 2.75) is 56.8 Å². The van der Waals surface area contributed by atoms with Gasteiger partial charge in [0.05, 0.1) is 0 Å². The summed E-state index contributed by atoms with van der Waals surface area (Å²) < 4.78 is 4.02. The number of hydrogen-bond acceptors (Lipinski definition) is 0. The predicted molar refractivity (Wildman–Crippen MR) is 104 cm³/mol. The number of benzene rings is 1. The maximum atomic E-state index is 2.52. The van der Waals surface area contributed by atoms with E-state index in [1.54, 1.807) is 9.96 Å². The summed E-state index contributed by atoms with van der Waals surface area (Å²) in [6.07, 6.45) is 4.88. The number of aryl methyl sites for hydroxylation is 2. The van der Waals surface area contributed by atoms with Crippen molar-refractivity contribution in [3.63, 3.8) is 0 Å². The van der Waals surface area contributed by atoms with Crippen LogP contribution in [-0.4, -0.2) is 13.3 Å². The van der Waals surface area contributed by atoms with Crippen LogP contribution < -0.4 is 8.96 Å². The molecule has 23 heavy (non-hydrogen) atoms. The van der Waals surface area contributed by atoms with Crippen LogP contribution in [0.25, 0.3) is 11.3 Å². The second-order valence-electron chi connectivity index (χ2n) is 7.72. The van der Waals surface area contributed by atoms with Gasteiger partial charge >= 0.3 is 145 Å². The van der Waals surface area contributed by atoms with Crippen LogP contribution in [0.2, 0.25) is 17.3 Å². The Morgan fingerprint density at radius 2 is 1.65 bits per heavy atom. The summed E-state index contributed by atoms with van der Waals surface area (Å²) in [5.74, 6) is 8.24. The molecule has 124 valence electrons. The van der Waals surface area contributed by atoms with Gasteiger partial charge < -0.3 is 0 Å². The number of pyridine rings is 1. The summed E-state index contributed by atoms with van der Waals surface area (Å²) in [6.45, 7) is 6.86. The number of hydrogen-bond donors (Lipinski definition) is 0. The van der Waals surface area contributed by atoms with Gasteiger partial charge in [-0.25, -0.2) is 0 Å². The molecule has 0 unspecified atom stereocenters. The standard InChI is InChI=1S/C21H32GeN/c1-8-17(9-2)19-15-23(7)21(14-20(19)22(4,5)6)18-13-11-10-12-16(18)3/h10-15,17H,8-9H2,1-7H3/q+1. The van der Waals surface area contributed by atoms with E-state index in [1.807, 2.05) is 0 Å². The summed E-state index contributed by atoms with van der Waals surface area (Å²) in [7, 11) is 2.20. The van der Waals surface area contributed by atoms with Crippen LogP contribution in [0.3, 0.4) is 0 Å². The first-order chi connectivity index (χ1) is 10.8. The van der Waals surface area contributed by atoms with Gasteiger partial charge in [0, 0.05) is 0 Å². The van der Waals surface area contributed by atoms with E-state index in [0.29, 0.717) is 5.92 Å². The fourth-order valence-corrected chi connectivity index (χ4v) is 7.08. The Hall–Kier alpha value is -1.09. The van der Waals surface area contributed by atoms with Crippen molar-refractivity contribution in [3.8, 4) is 11.3 Å². The zero-order valence-corrected chi connectivity index (χ0v) is 18.0. The Labute approximate surface area is 145 Å². The summed E-state index contributed by atoms with van der Waals surface area (Å²) in [4.78, 5) is 0. The van der Waals surface area contributed by atoms with Gasteiger partial charge in [0.2, 0.25) is 0 Å². The van der Waals surface area contributed by atoms with Gasteiger partial charge in [-0.05, 0) is 0 Å². The van der Waals surface area contributed by atoms with Crippen LogP contribution in [0, 0.1) is 6.92 Å². The van der Waals surface area contributed by atoms with Gasteiger partial charge in [-0.15, -0.1) is 0 Å². The summed E-state index contributed by atoms with van der Waals surface area (Å²) in [6, 6.07) is 11.2. The van der Waals surface area contributed by atoms with E-state index < -0.39 is 13.3 Å². The number of rotatable bonds is 5. The van der Waals surface area contributed by atoms with Gasteiger partial charge in [0.1, 0.15) is 0 Å². The van der Waals surface area contributed by atoms with E-state index in [2.05, 4.69) is 86.2 Å². The van der Waals surface area contributed by atoms with E-state index in [4.69, 9.17) is 0 Å². The molecule has 2 aromatic rings. The molecule has 0 amide bonds. The minimum atomic E-state index is -1.93. The average molecular weight is 371 g/mol. The first-order valence-electron chi connectivity index (χ1n) is 8.89. The van der Waals surface area contributed by atoms with Crippen LogP contribution in [0.1, 0.15) is 43.7 Å². The van der Waals surface area contributed by atoms with Crippen molar-refractivity contribution in [3.05, 3.63) is 47.7 Å². The third kappa shape index (κ3) is 3.88. The van der Waals surface area contributed by atoms with Crippen molar-refractivity contribution < 1.29 is 4.57 Å². The van der Waals surface area contributed by atoms with E-state index >= 15 is 0 Å². The average Bonchev–Trinajstić information content (AvgIpc) is 2.48. The van der Waals surface area contributed by atoms with Gasteiger partial charge in [0.15, 0.2) is 0 Å². The molecule has 1 heterocycles. The molecule has 0 radical (unpaired) electrons. The summed E-state index contributed by atoms with van der Waals surface area (Å²) >= 11 is -1.93. The van der Waals surface area contributed by atoms with Crippen molar-refractivity contribution in [2.75, 3.05) is 0 Å². The fraction of sp³-hybridized carbons (Fsp3) is 0.476. The Balaban J connectivity index is 2.71. The Bertz CT molecular complexity index is 679. The molecule has 0 saturated carbocycles. The first-order valence-corrected chi connectivity index (χ1v) is 16.2. The van der Waals surface area contributed by atoms with Crippen LogP contribution in [-0.2, 0) is 7.05 Å². The molecule has 0 atom stereocenters. The predicted octanol–water partition coefficient (Wildman–Crippen LogP) is 4.94. The third-order valence-corrected chi connectivity index (χ3v) is 9.26. The molecule has 1 nitrogen and oxygen atoms in total. The zero-order valence-electron chi connectivity index (χ0n) is 15.9. The van der Waals surface area contributed by atoms with Crippen molar-refractivity contribution >= 4 is 17.7 Å². The second-order valence-corrected chi connectivity index (χ2v) is 18.3. The maximum absolute atomic E-state index is 2.52. The van der Waals surface area contributed by atoms with E-state index in [9.17, 15) is 0 Å². The van der Waals surface area contributed by atoms with E-state index in [-0.39, 0.29) is 0 Å². The molecule has 0 aliphatic heterocycles. The Morgan fingerprint density at radius 1 is 1.04 bits per heavy atom. The molecule has 0 spiro atoms. The normalized spacial score (nSPS) is 12.0. The fourth-order valence-electron chi connectivity index (χ4n) is 3.50. The van der Waals surface area contributed by atoms with Crippen molar-refractivity contribution in [2.24, 2.45) is 7.05 Å². The van der Waals surface area contributed by atoms with Gasteiger partial charge in [-0.3, -0.25) is 0 Å². The van der Waals surface area contributed by atoms with E-state index in [1.165, 1.54) is 29.7 Å².